The molecule has 0 radical (unpaired) electrons. The van der Waals surface area contributed by atoms with E-state index in [9.17, 15) is 9.18 Å². The van der Waals surface area contributed by atoms with Crippen LogP contribution < -0.4 is 4.74 Å². The second kappa shape index (κ2) is 4.82. The Bertz CT molecular complexity index is 582. The summed E-state index contributed by atoms with van der Waals surface area (Å²) in [7, 11) is 0. The van der Waals surface area contributed by atoms with Crippen LogP contribution in [0.3, 0.4) is 0 Å². The number of rotatable bonds is 4. The molecular weight excluding hydrogens is 243 g/mol. The van der Waals surface area contributed by atoms with Gasteiger partial charge in [-0.1, -0.05) is 6.07 Å². The predicted octanol–water partition coefficient (Wildman–Crippen LogP) is 1.79. The van der Waals surface area contributed by atoms with Gasteiger partial charge in [-0.3, -0.25) is 0 Å². The number of carboxylic acid groups (broad SMARTS) is 1. The van der Waals surface area contributed by atoms with E-state index in [0.29, 0.717) is 5.89 Å². The number of hydrogen-bond acceptors (Lipinski definition) is 5. The topological polar surface area (TPSA) is 85.5 Å². The molecule has 0 aliphatic rings. The van der Waals surface area contributed by atoms with Crippen molar-refractivity contribution in [2.45, 2.75) is 13.5 Å². The first-order chi connectivity index (χ1) is 8.58. The Morgan fingerprint density at radius 3 is 2.89 bits per heavy atom. The van der Waals surface area contributed by atoms with Gasteiger partial charge in [-0.15, -0.1) is 10.2 Å². The van der Waals surface area contributed by atoms with Crippen molar-refractivity contribution in [2.75, 3.05) is 0 Å². The van der Waals surface area contributed by atoms with Crippen LogP contribution in [0.15, 0.2) is 22.6 Å². The van der Waals surface area contributed by atoms with Crippen LogP contribution in [0.25, 0.3) is 0 Å². The van der Waals surface area contributed by atoms with Gasteiger partial charge in [0.1, 0.15) is 17.1 Å². The van der Waals surface area contributed by atoms with Gasteiger partial charge in [-0.05, 0) is 12.1 Å². The number of ether oxygens (including phenoxy) is 1. The molecule has 1 aromatic carbocycles. The molecule has 0 aliphatic heterocycles. The summed E-state index contributed by atoms with van der Waals surface area (Å²) >= 11 is 0. The number of nitrogens with zero attached hydrogens (tertiary/aromatic N) is 2. The van der Waals surface area contributed by atoms with E-state index in [-0.39, 0.29) is 18.2 Å². The molecule has 2 rings (SSSR count). The number of carbonyl (C=O) groups is 1. The maximum absolute atomic E-state index is 13.3. The van der Waals surface area contributed by atoms with Crippen molar-refractivity contribution >= 4 is 5.97 Å². The minimum atomic E-state index is -1.40. The largest absolute Gasteiger partial charge is 0.483 e. The highest BCUT2D eigenvalue weighted by Crippen LogP contribution is 2.22. The van der Waals surface area contributed by atoms with Gasteiger partial charge >= 0.3 is 5.97 Å². The Labute approximate surface area is 101 Å². The van der Waals surface area contributed by atoms with Gasteiger partial charge < -0.3 is 14.3 Å². The van der Waals surface area contributed by atoms with E-state index in [1.165, 1.54) is 12.1 Å². The molecule has 94 valence electrons. The third-order valence-corrected chi connectivity index (χ3v) is 2.11. The fraction of sp³-hybridized carbons (Fsp3) is 0.182. The molecule has 0 saturated carbocycles. The van der Waals surface area contributed by atoms with Crippen LogP contribution in [-0.2, 0) is 6.61 Å². The van der Waals surface area contributed by atoms with Gasteiger partial charge in [0.15, 0.2) is 6.61 Å². The van der Waals surface area contributed by atoms with Crippen LogP contribution in [0.4, 0.5) is 4.39 Å². The third kappa shape index (κ3) is 2.45. The third-order valence-electron chi connectivity index (χ3n) is 2.11. The lowest BCUT2D eigenvalue weighted by Gasteiger charge is -2.07. The highest BCUT2D eigenvalue weighted by molar-refractivity contribution is 5.91. The fourth-order valence-electron chi connectivity index (χ4n) is 1.37. The molecule has 7 heteroatoms. The number of aromatic nitrogens is 2. The first-order valence-corrected chi connectivity index (χ1v) is 5.01. The number of benzene rings is 1. The van der Waals surface area contributed by atoms with E-state index in [1.807, 2.05) is 0 Å². The molecule has 0 fully saturated rings. The molecule has 0 spiro atoms. The summed E-state index contributed by atoms with van der Waals surface area (Å²) in [4.78, 5) is 10.9. The number of hydrogen-bond donors (Lipinski definition) is 1. The summed E-state index contributed by atoms with van der Waals surface area (Å²) in [6.45, 7) is 1.49. The summed E-state index contributed by atoms with van der Waals surface area (Å²) < 4.78 is 23.5. The monoisotopic (exact) mass is 252 g/mol. The second-order valence-electron chi connectivity index (χ2n) is 3.42. The van der Waals surface area contributed by atoms with Crippen molar-refractivity contribution < 1.29 is 23.4 Å². The molecule has 1 aromatic heterocycles. The van der Waals surface area contributed by atoms with Crippen LogP contribution >= 0.6 is 0 Å². The van der Waals surface area contributed by atoms with Gasteiger partial charge in [0.2, 0.25) is 5.89 Å². The molecule has 1 heterocycles. The van der Waals surface area contributed by atoms with Gasteiger partial charge in [-0.25, -0.2) is 9.18 Å². The minimum absolute atomic E-state index is 0.0849. The van der Waals surface area contributed by atoms with Crippen LogP contribution in [0.1, 0.15) is 22.1 Å². The molecule has 0 atom stereocenters. The zero-order chi connectivity index (χ0) is 13.1. The second-order valence-corrected chi connectivity index (χ2v) is 3.42. The summed E-state index contributed by atoms with van der Waals surface area (Å²) in [6, 6.07) is 3.76. The molecule has 2 aromatic rings. The van der Waals surface area contributed by atoms with E-state index in [1.54, 1.807) is 6.92 Å². The first kappa shape index (κ1) is 12.0. The molecule has 0 unspecified atom stereocenters. The molecular formula is C11H9FN2O4. The Hall–Kier alpha value is -2.44. The van der Waals surface area contributed by atoms with E-state index in [2.05, 4.69) is 10.2 Å². The number of carboxylic acids is 1. The lowest BCUT2D eigenvalue weighted by atomic mass is 10.2. The fourth-order valence-corrected chi connectivity index (χ4v) is 1.37. The van der Waals surface area contributed by atoms with Crippen LogP contribution in [0, 0.1) is 12.7 Å². The lowest BCUT2D eigenvalue weighted by molar-refractivity contribution is 0.0685. The Balaban J connectivity index is 2.19. The number of aromatic carboxylic acids is 1. The standard InChI is InChI=1S/C11H9FN2O4/c1-6-13-14-9(18-6)5-17-8-4-2-3-7(12)10(8)11(15)16/h2-4H,5H2,1H3,(H,15,16). The molecule has 1 N–H and O–H groups in total. The lowest BCUT2D eigenvalue weighted by Crippen LogP contribution is -2.06. The summed E-state index contributed by atoms with van der Waals surface area (Å²) in [6.07, 6.45) is 0. The van der Waals surface area contributed by atoms with E-state index in [0.717, 1.165) is 6.07 Å². The average molecular weight is 252 g/mol. The smallest absolute Gasteiger partial charge is 0.342 e. The van der Waals surface area contributed by atoms with Crippen LogP contribution in [-0.4, -0.2) is 21.3 Å². The average Bonchev–Trinajstić information content (AvgIpc) is 2.72. The molecule has 0 aliphatic carbocycles. The zero-order valence-electron chi connectivity index (χ0n) is 9.38. The van der Waals surface area contributed by atoms with E-state index < -0.39 is 17.3 Å². The van der Waals surface area contributed by atoms with Crippen molar-refractivity contribution in [2.24, 2.45) is 0 Å². The Morgan fingerprint density at radius 1 is 1.50 bits per heavy atom. The van der Waals surface area contributed by atoms with E-state index in [4.69, 9.17) is 14.3 Å². The highest BCUT2D eigenvalue weighted by Gasteiger charge is 2.17. The molecule has 0 bridgehead atoms. The summed E-state index contributed by atoms with van der Waals surface area (Å²) in [5.41, 5.74) is -0.520. The highest BCUT2D eigenvalue weighted by atomic mass is 19.1. The molecule has 0 saturated heterocycles. The minimum Gasteiger partial charge on any atom is -0.483 e. The molecule has 18 heavy (non-hydrogen) atoms. The van der Waals surface area contributed by atoms with Gasteiger partial charge in [0, 0.05) is 6.92 Å². The van der Waals surface area contributed by atoms with Crippen molar-refractivity contribution in [1.82, 2.24) is 10.2 Å². The number of aryl methyl sites for hydroxylation is 1. The maximum Gasteiger partial charge on any atom is 0.342 e. The zero-order valence-corrected chi connectivity index (χ0v) is 9.38. The maximum atomic E-state index is 13.3. The first-order valence-electron chi connectivity index (χ1n) is 5.01. The Morgan fingerprint density at radius 2 is 2.28 bits per heavy atom. The SMILES string of the molecule is Cc1nnc(COc2cccc(F)c2C(=O)O)o1. The van der Waals surface area contributed by atoms with Gasteiger partial charge in [0.25, 0.3) is 5.89 Å². The molecule has 6 nitrogen and oxygen atoms in total. The number of halogens is 1. The van der Waals surface area contributed by atoms with Crippen molar-refractivity contribution in [3.05, 3.63) is 41.4 Å². The summed E-state index contributed by atoms with van der Waals surface area (Å²) in [5, 5.41) is 16.1. The van der Waals surface area contributed by atoms with Gasteiger partial charge in [-0.2, -0.15) is 0 Å². The molecule has 0 amide bonds. The normalized spacial score (nSPS) is 10.3. The van der Waals surface area contributed by atoms with Gasteiger partial charge in [0.05, 0.1) is 0 Å². The quantitative estimate of drug-likeness (QED) is 0.892. The van der Waals surface area contributed by atoms with Crippen molar-refractivity contribution in [3.8, 4) is 5.75 Å². The predicted molar refractivity (Wildman–Crippen MR) is 56.7 cm³/mol. The van der Waals surface area contributed by atoms with E-state index >= 15 is 0 Å². The summed E-state index contributed by atoms with van der Waals surface area (Å²) in [5.74, 6) is -1.79. The van der Waals surface area contributed by atoms with Crippen molar-refractivity contribution in [1.29, 1.82) is 0 Å². The van der Waals surface area contributed by atoms with Crippen LogP contribution in [0.5, 0.6) is 5.75 Å². The Kier molecular flexibility index (Phi) is 3.22. The van der Waals surface area contributed by atoms with Crippen LogP contribution in [0.2, 0.25) is 0 Å². The van der Waals surface area contributed by atoms with Crippen molar-refractivity contribution in [3.63, 3.8) is 0 Å².